The Bertz CT molecular complexity index is 825. The minimum Gasteiger partial charge on any atom is -0.486 e. The van der Waals surface area contributed by atoms with E-state index in [-0.39, 0.29) is 23.9 Å². The highest BCUT2D eigenvalue weighted by Gasteiger charge is 2.41. The third kappa shape index (κ3) is 4.16. The Hall–Kier alpha value is -2.34. The number of carbonyl (C=O) groups excluding carboxylic acids is 2. The van der Waals surface area contributed by atoms with Crippen molar-refractivity contribution in [3.63, 3.8) is 0 Å². The molecule has 2 aliphatic rings. The molecule has 1 N–H and O–H groups in total. The molecule has 1 saturated carbocycles. The minimum atomic E-state index is -0.313. The lowest BCUT2D eigenvalue weighted by molar-refractivity contribution is -0.123. The monoisotopic (exact) mass is 385 g/mol. The Morgan fingerprint density at radius 2 is 2.07 bits per heavy atom. The zero-order chi connectivity index (χ0) is 18.7. The van der Waals surface area contributed by atoms with Crippen LogP contribution in [0.5, 0.6) is 11.5 Å². The van der Waals surface area contributed by atoms with Crippen LogP contribution in [-0.2, 0) is 11.3 Å². The smallest absolute Gasteiger partial charge is 0.258 e. The molecule has 2 aromatic rings. The number of fused-ring (bicyclic) bond motifs is 1. The predicted octanol–water partition coefficient (Wildman–Crippen LogP) is 4.11. The van der Waals surface area contributed by atoms with Crippen molar-refractivity contribution in [3.8, 4) is 11.5 Å². The number of carbonyl (C=O) groups is 2. The molecule has 1 aliphatic carbocycles. The molecule has 1 aromatic heterocycles. The molecule has 0 bridgehead atoms. The molecular formula is C21H23NO4S. The summed E-state index contributed by atoms with van der Waals surface area (Å²) in [7, 11) is 0. The van der Waals surface area contributed by atoms with Gasteiger partial charge in [-0.25, -0.2) is 0 Å². The van der Waals surface area contributed by atoms with Gasteiger partial charge in [0.15, 0.2) is 12.4 Å². The first-order valence-corrected chi connectivity index (χ1v) is 10.3. The molecule has 2 heterocycles. The second-order valence-electron chi connectivity index (χ2n) is 7.25. The number of hydrogen-bond donors (Lipinski definition) is 1. The van der Waals surface area contributed by atoms with Crippen molar-refractivity contribution in [1.82, 2.24) is 5.32 Å². The SMILES string of the molecule is O=C(COc1ccc2c(c1)C(=O)CC1(CCCCC1)O2)NCc1cccs1. The van der Waals surface area contributed by atoms with Gasteiger partial charge in [-0.05, 0) is 55.3 Å². The van der Waals surface area contributed by atoms with Crippen LogP contribution in [0.25, 0.3) is 0 Å². The average molecular weight is 385 g/mol. The summed E-state index contributed by atoms with van der Waals surface area (Å²) in [4.78, 5) is 25.7. The van der Waals surface area contributed by atoms with Crippen LogP contribution in [-0.4, -0.2) is 23.9 Å². The summed E-state index contributed by atoms with van der Waals surface area (Å²) in [5.74, 6) is 1.06. The van der Waals surface area contributed by atoms with Crippen molar-refractivity contribution >= 4 is 23.0 Å². The quantitative estimate of drug-likeness (QED) is 0.841. The molecule has 1 aliphatic heterocycles. The number of Topliss-reactive ketones (excluding diaryl/α,β-unsaturated/α-hetero) is 1. The fourth-order valence-corrected chi connectivity index (χ4v) is 4.48. The van der Waals surface area contributed by atoms with E-state index in [2.05, 4.69) is 5.32 Å². The molecule has 0 radical (unpaired) electrons. The van der Waals surface area contributed by atoms with Crippen molar-refractivity contribution in [1.29, 1.82) is 0 Å². The molecule has 4 rings (SSSR count). The summed E-state index contributed by atoms with van der Waals surface area (Å²) in [5, 5.41) is 4.79. The fraction of sp³-hybridized carbons (Fsp3) is 0.429. The number of thiophene rings is 1. The largest absolute Gasteiger partial charge is 0.486 e. The van der Waals surface area contributed by atoms with Crippen LogP contribution < -0.4 is 14.8 Å². The highest BCUT2D eigenvalue weighted by molar-refractivity contribution is 7.09. The van der Waals surface area contributed by atoms with E-state index in [1.165, 1.54) is 6.42 Å². The van der Waals surface area contributed by atoms with Crippen LogP contribution in [0, 0.1) is 0 Å². The third-order valence-corrected chi connectivity index (χ3v) is 6.11. The normalized spacial score (nSPS) is 17.9. The van der Waals surface area contributed by atoms with Gasteiger partial charge < -0.3 is 14.8 Å². The standard InChI is InChI=1S/C21H23NO4S/c23-18-12-21(8-2-1-3-9-21)26-19-7-6-15(11-17(18)19)25-14-20(24)22-13-16-5-4-10-27-16/h4-7,10-11H,1-3,8-9,12-14H2,(H,22,24). The summed E-state index contributed by atoms with van der Waals surface area (Å²) >= 11 is 1.60. The zero-order valence-electron chi connectivity index (χ0n) is 15.2. The first-order chi connectivity index (χ1) is 13.1. The summed E-state index contributed by atoms with van der Waals surface area (Å²) in [5.41, 5.74) is 0.245. The number of benzene rings is 1. The molecule has 0 saturated heterocycles. The third-order valence-electron chi connectivity index (χ3n) is 5.24. The molecule has 142 valence electrons. The van der Waals surface area contributed by atoms with E-state index in [4.69, 9.17) is 9.47 Å². The van der Waals surface area contributed by atoms with Crippen molar-refractivity contribution < 1.29 is 19.1 Å². The topological polar surface area (TPSA) is 64.6 Å². The lowest BCUT2D eigenvalue weighted by atomic mass is 9.78. The van der Waals surface area contributed by atoms with Gasteiger partial charge in [0.2, 0.25) is 0 Å². The predicted molar refractivity (Wildman–Crippen MR) is 103 cm³/mol. The maximum Gasteiger partial charge on any atom is 0.258 e. The number of ether oxygens (including phenoxy) is 2. The van der Waals surface area contributed by atoms with Gasteiger partial charge in [0.05, 0.1) is 18.5 Å². The number of nitrogens with one attached hydrogen (secondary N) is 1. The maximum absolute atomic E-state index is 12.7. The van der Waals surface area contributed by atoms with Gasteiger partial charge in [-0.1, -0.05) is 12.5 Å². The van der Waals surface area contributed by atoms with E-state index in [1.807, 2.05) is 17.5 Å². The molecule has 1 amide bonds. The Labute approximate surface area is 162 Å². The molecule has 27 heavy (non-hydrogen) atoms. The first kappa shape index (κ1) is 18.0. The fourth-order valence-electron chi connectivity index (χ4n) is 3.84. The van der Waals surface area contributed by atoms with Crippen molar-refractivity contribution in [2.75, 3.05) is 6.61 Å². The molecule has 6 heteroatoms. The van der Waals surface area contributed by atoms with Gasteiger partial charge in [0.25, 0.3) is 5.91 Å². The number of rotatable bonds is 5. The molecule has 1 aromatic carbocycles. The minimum absolute atomic E-state index is 0.0802. The maximum atomic E-state index is 12.7. The summed E-state index contributed by atoms with van der Waals surface area (Å²) in [6, 6.07) is 9.17. The van der Waals surface area contributed by atoms with Gasteiger partial charge >= 0.3 is 0 Å². The molecule has 0 unspecified atom stereocenters. The number of ketones is 1. The van der Waals surface area contributed by atoms with Crippen LogP contribution in [0.3, 0.4) is 0 Å². The number of hydrogen-bond acceptors (Lipinski definition) is 5. The van der Waals surface area contributed by atoms with Gasteiger partial charge in [-0.2, -0.15) is 0 Å². The Balaban J connectivity index is 1.36. The molecule has 5 nitrogen and oxygen atoms in total. The van der Waals surface area contributed by atoms with E-state index in [1.54, 1.807) is 29.5 Å². The van der Waals surface area contributed by atoms with Crippen LogP contribution >= 0.6 is 11.3 Å². The average Bonchev–Trinajstić information content (AvgIpc) is 3.19. The van der Waals surface area contributed by atoms with E-state index < -0.39 is 0 Å². The highest BCUT2D eigenvalue weighted by atomic mass is 32.1. The van der Waals surface area contributed by atoms with E-state index in [0.29, 0.717) is 30.0 Å². The van der Waals surface area contributed by atoms with E-state index >= 15 is 0 Å². The Morgan fingerprint density at radius 1 is 1.22 bits per heavy atom. The van der Waals surface area contributed by atoms with Gasteiger partial charge in [-0.15, -0.1) is 11.3 Å². The Kier molecular flexibility index (Phi) is 5.16. The van der Waals surface area contributed by atoms with Crippen LogP contribution in [0.4, 0.5) is 0 Å². The van der Waals surface area contributed by atoms with Crippen molar-refractivity contribution in [2.24, 2.45) is 0 Å². The first-order valence-electron chi connectivity index (χ1n) is 9.42. The summed E-state index contributed by atoms with van der Waals surface area (Å²) < 4.78 is 11.8. The van der Waals surface area contributed by atoms with Crippen molar-refractivity contribution in [2.45, 2.75) is 50.7 Å². The number of amides is 1. The Morgan fingerprint density at radius 3 is 2.85 bits per heavy atom. The lowest BCUT2D eigenvalue weighted by Gasteiger charge is -2.40. The molecular weight excluding hydrogens is 362 g/mol. The highest BCUT2D eigenvalue weighted by Crippen LogP contribution is 2.42. The summed E-state index contributed by atoms with van der Waals surface area (Å²) in [6.45, 7) is 0.418. The zero-order valence-corrected chi connectivity index (χ0v) is 16.0. The second-order valence-corrected chi connectivity index (χ2v) is 8.28. The van der Waals surface area contributed by atoms with Crippen LogP contribution in [0.1, 0.15) is 53.8 Å². The lowest BCUT2D eigenvalue weighted by Crippen LogP contribution is -2.43. The van der Waals surface area contributed by atoms with Crippen LogP contribution in [0.2, 0.25) is 0 Å². The van der Waals surface area contributed by atoms with E-state index in [0.717, 1.165) is 30.6 Å². The van der Waals surface area contributed by atoms with Crippen molar-refractivity contribution in [3.05, 3.63) is 46.2 Å². The summed E-state index contributed by atoms with van der Waals surface area (Å²) in [6.07, 6.45) is 5.77. The van der Waals surface area contributed by atoms with Gasteiger partial charge in [0.1, 0.15) is 17.1 Å². The van der Waals surface area contributed by atoms with E-state index in [9.17, 15) is 9.59 Å². The van der Waals surface area contributed by atoms with Gasteiger partial charge in [0, 0.05) is 4.88 Å². The molecule has 1 spiro atoms. The molecule has 1 fully saturated rings. The van der Waals surface area contributed by atoms with Crippen LogP contribution in [0.15, 0.2) is 35.7 Å². The molecule has 0 atom stereocenters. The second kappa shape index (κ2) is 7.72. The van der Waals surface area contributed by atoms with Gasteiger partial charge in [-0.3, -0.25) is 9.59 Å².